The van der Waals surface area contributed by atoms with E-state index in [-0.39, 0.29) is 5.56 Å². The lowest BCUT2D eigenvalue weighted by molar-refractivity contribution is 0.630. The number of nitrogens with zero attached hydrogens (tertiary/aromatic N) is 4. The summed E-state index contributed by atoms with van der Waals surface area (Å²) in [5, 5.41) is 12.5. The van der Waals surface area contributed by atoms with E-state index in [1.807, 2.05) is 79.5 Å². The Morgan fingerprint density at radius 2 is 1.75 bits per heavy atom. The molecule has 6 nitrogen and oxygen atoms in total. The third-order valence-electron chi connectivity index (χ3n) is 4.55. The minimum absolute atomic E-state index is 0.179. The number of aromatic nitrogens is 2. The van der Waals surface area contributed by atoms with Crippen molar-refractivity contribution in [1.29, 1.82) is 5.26 Å². The molecule has 2 aromatic carbocycles. The van der Waals surface area contributed by atoms with Gasteiger partial charge in [-0.25, -0.2) is 4.68 Å². The Balaban J connectivity index is 1.95. The molecule has 28 heavy (non-hydrogen) atoms. The van der Waals surface area contributed by atoms with Crippen LogP contribution in [0, 0.1) is 18.3 Å². The summed E-state index contributed by atoms with van der Waals surface area (Å²) < 4.78 is 3.40. The second-order valence-electron chi connectivity index (χ2n) is 6.26. The molecule has 0 aliphatic rings. The molecule has 0 bridgehead atoms. The molecule has 0 aliphatic heterocycles. The maximum Gasteiger partial charge on any atom is 0.295 e. The number of anilines is 2. The monoisotopic (exact) mass is 391 g/mol. The van der Waals surface area contributed by atoms with Gasteiger partial charge in [0.2, 0.25) is 0 Å². The molecule has 0 fully saturated rings. The molecule has 1 heterocycles. The second kappa shape index (κ2) is 8.55. The molecule has 3 rings (SSSR count). The summed E-state index contributed by atoms with van der Waals surface area (Å²) in [5.74, 6) is 0. The van der Waals surface area contributed by atoms with E-state index in [4.69, 9.17) is 17.5 Å². The molecule has 7 heteroatoms. The second-order valence-corrected chi connectivity index (χ2v) is 6.65. The highest BCUT2D eigenvalue weighted by Crippen LogP contribution is 2.18. The number of hydrogen-bond acceptors (Lipinski definition) is 3. The van der Waals surface area contributed by atoms with E-state index in [0.717, 1.165) is 17.1 Å². The fraction of sp³-hybridized carbons (Fsp3) is 0.190. The number of thiocarbonyl (C=S) groups is 1. The lowest BCUT2D eigenvalue weighted by atomic mass is 10.3. The predicted molar refractivity (Wildman–Crippen MR) is 116 cm³/mol. The zero-order valence-electron chi connectivity index (χ0n) is 15.8. The Labute approximate surface area is 169 Å². The highest BCUT2D eigenvalue weighted by molar-refractivity contribution is 7.80. The Morgan fingerprint density at radius 1 is 1.14 bits per heavy atom. The molecule has 0 spiro atoms. The smallest absolute Gasteiger partial charge is 0.295 e. The number of rotatable bonds is 5. The van der Waals surface area contributed by atoms with Crippen molar-refractivity contribution in [2.75, 3.05) is 16.8 Å². The maximum absolute atomic E-state index is 13.1. The predicted octanol–water partition coefficient (Wildman–Crippen LogP) is 3.60. The quantitative estimate of drug-likeness (QED) is 0.673. The van der Waals surface area contributed by atoms with Crippen molar-refractivity contribution < 1.29 is 0 Å². The number of nitrogens with one attached hydrogen (secondary N) is 1. The Morgan fingerprint density at radius 3 is 2.36 bits per heavy atom. The molecule has 3 aromatic rings. The van der Waals surface area contributed by atoms with E-state index in [1.165, 1.54) is 0 Å². The average molecular weight is 392 g/mol. The molecular formula is C21H21N5OS. The van der Waals surface area contributed by atoms with Crippen LogP contribution < -0.4 is 15.8 Å². The molecule has 0 unspecified atom stereocenters. The summed E-state index contributed by atoms with van der Waals surface area (Å²) in [6.45, 7) is 2.30. The molecule has 1 N–H and O–H groups in total. The van der Waals surface area contributed by atoms with Crippen LogP contribution in [0.15, 0.2) is 65.5 Å². The summed E-state index contributed by atoms with van der Waals surface area (Å²) in [7, 11) is 1.84. The Kier molecular flexibility index (Phi) is 5.92. The van der Waals surface area contributed by atoms with Crippen molar-refractivity contribution in [1.82, 2.24) is 9.36 Å². The van der Waals surface area contributed by atoms with Crippen LogP contribution in [-0.4, -0.2) is 21.0 Å². The van der Waals surface area contributed by atoms with Crippen LogP contribution in [0.2, 0.25) is 0 Å². The zero-order chi connectivity index (χ0) is 20.1. The third-order valence-corrected chi connectivity index (χ3v) is 4.87. The summed E-state index contributed by atoms with van der Waals surface area (Å²) in [6, 6.07) is 21.2. The topological polar surface area (TPSA) is 66.0 Å². The molecule has 0 saturated heterocycles. The van der Waals surface area contributed by atoms with Crippen LogP contribution in [0.3, 0.4) is 0 Å². The van der Waals surface area contributed by atoms with Gasteiger partial charge in [-0.2, -0.15) is 5.26 Å². The fourth-order valence-corrected chi connectivity index (χ4v) is 3.30. The van der Waals surface area contributed by atoms with Gasteiger partial charge in [-0.1, -0.05) is 36.4 Å². The minimum atomic E-state index is -0.179. The SMILES string of the molecule is Cc1c(NC(=S)N(CCC#N)c2ccccc2)c(=O)n(-c2ccccc2)n1C. The fourth-order valence-electron chi connectivity index (χ4n) is 3.00. The summed E-state index contributed by atoms with van der Waals surface area (Å²) in [6.07, 6.45) is 0.318. The molecule has 0 radical (unpaired) electrons. The van der Waals surface area contributed by atoms with Crippen LogP contribution in [0.4, 0.5) is 11.4 Å². The van der Waals surface area contributed by atoms with Crippen LogP contribution >= 0.6 is 12.2 Å². The first kappa shape index (κ1) is 19.4. The van der Waals surface area contributed by atoms with Gasteiger partial charge in [0.25, 0.3) is 5.56 Å². The average Bonchev–Trinajstić information content (AvgIpc) is 2.93. The minimum Gasteiger partial charge on any atom is -0.326 e. The van der Waals surface area contributed by atoms with E-state index in [2.05, 4.69) is 11.4 Å². The van der Waals surface area contributed by atoms with E-state index >= 15 is 0 Å². The van der Waals surface area contributed by atoms with Crippen molar-refractivity contribution >= 4 is 28.7 Å². The normalized spacial score (nSPS) is 10.3. The largest absolute Gasteiger partial charge is 0.326 e. The standard InChI is InChI=1S/C21H21N5OS/c1-16-19(20(27)26(24(16)2)18-12-7-4-8-13-18)23-21(28)25(15-9-14-22)17-10-5-3-6-11-17/h3-8,10-13H,9,15H2,1-2H3,(H,23,28). The van der Waals surface area contributed by atoms with Gasteiger partial charge >= 0.3 is 0 Å². The van der Waals surface area contributed by atoms with Crippen molar-refractivity contribution in [2.24, 2.45) is 7.05 Å². The highest BCUT2D eigenvalue weighted by Gasteiger charge is 2.19. The van der Waals surface area contributed by atoms with Gasteiger partial charge in [-0.3, -0.25) is 9.48 Å². The van der Waals surface area contributed by atoms with Gasteiger partial charge < -0.3 is 10.2 Å². The van der Waals surface area contributed by atoms with Crippen LogP contribution in [0.1, 0.15) is 12.1 Å². The number of benzene rings is 2. The molecule has 142 valence electrons. The number of nitriles is 1. The van der Waals surface area contributed by atoms with Crippen LogP contribution in [0.25, 0.3) is 5.69 Å². The first-order chi connectivity index (χ1) is 13.5. The molecule has 1 aromatic heterocycles. The van der Waals surface area contributed by atoms with Crippen molar-refractivity contribution in [3.8, 4) is 11.8 Å². The first-order valence-electron chi connectivity index (χ1n) is 8.89. The van der Waals surface area contributed by atoms with Gasteiger partial charge in [-0.15, -0.1) is 0 Å². The first-order valence-corrected chi connectivity index (χ1v) is 9.30. The third kappa shape index (κ3) is 3.82. The summed E-state index contributed by atoms with van der Waals surface area (Å²) in [5.41, 5.74) is 2.66. The van der Waals surface area contributed by atoms with Crippen LogP contribution in [0.5, 0.6) is 0 Å². The number of hydrogen-bond donors (Lipinski definition) is 1. The van der Waals surface area contributed by atoms with Crippen molar-refractivity contribution in [3.05, 3.63) is 76.7 Å². The molecule has 0 amide bonds. The van der Waals surface area contributed by atoms with E-state index in [9.17, 15) is 4.79 Å². The number of para-hydroxylation sites is 2. The molecule has 0 aliphatic carbocycles. The highest BCUT2D eigenvalue weighted by atomic mass is 32.1. The van der Waals surface area contributed by atoms with Crippen molar-refractivity contribution in [3.63, 3.8) is 0 Å². The lowest BCUT2D eigenvalue weighted by Gasteiger charge is -2.24. The van der Waals surface area contributed by atoms with Gasteiger partial charge in [0.05, 0.1) is 23.9 Å². The molecule has 0 saturated carbocycles. The Bertz CT molecular complexity index is 1060. The van der Waals surface area contributed by atoms with Gasteiger partial charge in [0.15, 0.2) is 5.11 Å². The lowest BCUT2D eigenvalue weighted by Crippen LogP contribution is -2.37. The summed E-state index contributed by atoms with van der Waals surface area (Å²) >= 11 is 5.59. The molecular weight excluding hydrogens is 370 g/mol. The zero-order valence-corrected chi connectivity index (χ0v) is 16.6. The van der Waals surface area contributed by atoms with Crippen molar-refractivity contribution in [2.45, 2.75) is 13.3 Å². The van der Waals surface area contributed by atoms with Gasteiger partial charge in [-0.05, 0) is 43.4 Å². The molecule has 0 atom stereocenters. The maximum atomic E-state index is 13.1. The van der Waals surface area contributed by atoms with Crippen LogP contribution in [-0.2, 0) is 7.05 Å². The van der Waals surface area contributed by atoms with E-state index in [0.29, 0.717) is 23.8 Å². The summed E-state index contributed by atoms with van der Waals surface area (Å²) in [4.78, 5) is 14.9. The van der Waals surface area contributed by atoms with Gasteiger partial charge in [0, 0.05) is 19.3 Å². The van der Waals surface area contributed by atoms with Gasteiger partial charge in [0.1, 0.15) is 5.69 Å². The van der Waals surface area contributed by atoms with E-state index in [1.54, 1.807) is 9.36 Å². The van der Waals surface area contributed by atoms with E-state index < -0.39 is 0 Å². The Hall–Kier alpha value is -3.37.